The molecule has 0 aliphatic carbocycles. The molecule has 4 nitrogen and oxygen atoms in total. The first-order chi connectivity index (χ1) is 9.60. The summed E-state index contributed by atoms with van der Waals surface area (Å²) in [5.41, 5.74) is 1.11. The van der Waals surface area contributed by atoms with E-state index in [0.717, 1.165) is 24.2 Å². The summed E-state index contributed by atoms with van der Waals surface area (Å²) in [6.07, 6.45) is 3.23. The van der Waals surface area contributed by atoms with Crippen molar-refractivity contribution >= 4 is 0 Å². The quantitative estimate of drug-likeness (QED) is 0.881. The van der Waals surface area contributed by atoms with Crippen molar-refractivity contribution < 1.29 is 4.39 Å². The van der Waals surface area contributed by atoms with E-state index in [2.05, 4.69) is 29.2 Å². The molecule has 1 atom stereocenters. The van der Waals surface area contributed by atoms with Crippen LogP contribution in [-0.4, -0.2) is 27.9 Å². The third kappa shape index (κ3) is 3.63. The molecule has 0 fully saturated rings. The van der Waals surface area contributed by atoms with Gasteiger partial charge in [0.25, 0.3) is 0 Å². The molecule has 2 aromatic rings. The Bertz CT molecular complexity index is 533. The van der Waals surface area contributed by atoms with Gasteiger partial charge in [0, 0.05) is 18.5 Å². The van der Waals surface area contributed by atoms with Gasteiger partial charge in [0.2, 0.25) is 0 Å². The summed E-state index contributed by atoms with van der Waals surface area (Å²) < 4.78 is 14.9. The lowest BCUT2D eigenvalue weighted by Gasteiger charge is -2.17. The number of benzene rings is 1. The van der Waals surface area contributed by atoms with E-state index in [1.807, 2.05) is 23.9 Å². The van der Waals surface area contributed by atoms with Gasteiger partial charge >= 0.3 is 0 Å². The number of halogens is 1. The number of nitrogens with one attached hydrogen (secondary N) is 1. The van der Waals surface area contributed by atoms with Crippen molar-refractivity contribution in [1.29, 1.82) is 0 Å². The van der Waals surface area contributed by atoms with Crippen LogP contribution in [0.1, 0.15) is 31.3 Å². The SMILES string of the molecule is CNC(Cc1ccc(F)cc1)Cc1ncnn1C(C)C. The topological polar surface area (TPSA) is 42.7 Å². The smallest absolute Gasteiger partial charge is 0.138 e. The van der Waals surface area contributed by atoms with Crippen LogP contribution in [0.25, 0.3) is 0 Å². The van der Waals surface area contributed by atoms with Crippen LogP contribution in [0.5, 0.6) is 0 Å². The fourth-order valence-electron chi connectivity index (χ4n) is 2.25. The summed E-state index contributed by atoms with van der Waals surface area (Å²) >= 11 is 0. The number of nitrogens with zero attached hydrogens (tertiary/aromatic N) is 3. The molecule has 0 aliphatic heterocycles. The maximum atomic E-state index is 12.9. The average Bonchev–Trinajstić information content (AvgIpc) is 2.88. The fraction of sp³-hybridized carbons (Fsp3) is 0.467. The van der Waals surface area contributed by atoms with E-state index < -0.39 is 0 Å². The van der Waals surface area contributed by atoms with Gasteiger partial charge in [0.05, 0.1) is 0 Å². The zero-order valence-electron chi connectivity index (χ0n) is 12.2. The van der Waals surface area contributed by atoms with Crippen LogP contribution in [0.15, 0.2) is 30.6 Å². The van der Waals surface area contributed by atoms with Gasteiger partial charge in [0.15, 0.2) is 0 Å². The average molecular weight is 276 g/mol. The molecular formula is C15H21FN4. The Morgan fingerprint density at radius 3 is 2.50 bits per heavy atom. The summed E-state index contributed by atoms with van der Waals surface area (Å²) in [5, 5.41) is 7.54. The zero-order valence-corrected chi connectivity index (χ0v) is 12.2. The van der Waals surface area contributed by atoms with E-state index in [9.17, 15) is 4.39 Å². The van der Waals surface area contributed by atoms with Gasteiger partial charge < -0.3 is 5.32 Å². The molecule has 0 radical (unpaired) electrons. The van der Waals surface area contributed by atoms with Gasteiger partial charge in [-0.05, 0) is 45.0 Å². The van der Waals surface area contributed by atoms with Gasteiger partial charge in [-0.3, -0.25) is 0 Å². The van der Waals surface area contributed by atoms with E-state index in [4.69, 9.17) is 0 Å². The molecule has 0 saturated carbocycles. The van der Waals surface area contributed by atoms with E-state index >= 15 is 0 Å². The first-order valence-corrected chi connectivity index (χ1v) is 6.90. The predicted molar refractivity (Wildman–Crippen MR) is 77.1 cm³/mol. The largest absolute Gasteiger partial charge is 0.316 e. The van der Waals surface area contributed by atoms with Crippen LogP contribution in [-0.2, 0) is 12.8 Å². The standard InChI is InChI=1S/C15H21FN4/c1-11(2)20-15(18-10-19-20)9-14(17-3)8-12-4-6-13(16)7-5-12/h4-7,10-11,14,17H,8-9H2,1-3H3. The van der Waals surface area contributed by atoms with Gasteiger partial charge in [-0.2, -0.15) is 5.10 Å². The molecule has 0 saturated heterocycles. The van der Waals surface area contributed by atoms with E-state index in [-0.39, 0.29) is 11.9 Å². The highest BCUT2D eigenvalue weighted by Crippen LogP contribution is 2.11. The minimum Gasteiger partial charge on any atom is -0.316 e. The molecule has 5 heteroatoms. The van der Waals surface area contributed by atoms with Crippen LogP contribution in [0.4, 0.5) is 4.39 Å². The molecule has 0 bridgehead atoms. The van der Waals surface area contributed by atoms with Crippen molar-refractivity contribution in [2.75, 3.05) is 7.05 Å². The molecule has 1 heterocycles. The van der Waals surface area contributed by atoms with E-state index in [1.165, 1.54) is 12.1 Å². The normalized spacial score (nSPS) is 12.8. The first kappa shape index (κ1) is 14.7. The van der Waals surface area contributed by atoms with Crippen LogP contribution < -0.4 is 5.32 Å². The second-order valence-corrected chi connectivity index (χ2v) is 5.23. The van der Waals surface area contributed by atoms with Gasteiger partial charge in [-0.1, -0.05) is 12.1 Å². The molecule has 2 rings (SSSR count). The molecule has 1 N–H and O–H groups in total. The number of hydrogen-bond acceptors (Lipinski definition) is 3. The summed E-state index contributed by atoms with van der Waals surface area (Å²) in [4.78, 5) is 4.33. The summed E-state index contributed by atoms with van der Waals surface area (Å²) in [7, 11) is 1.93. The summed E-state index contributed by atoms with van der Waals surface area (Å²) in [5.74, 6) is 0.774. The maximum Gasteiger partial charge on any atom is 0.138 e. The first-order valence-electron chi connectivity index (χ1n) is 6.90. The van der Waals surface area contributed by atoms with Crippen LogP contribution in [0.2, 0.25) is 0 Å². The van der Waals surface area contributed by atoms with Crippen LogP contribution >= 0.6 is 0 Å². The lowest BCUT2D eigenvalue weighted by molar-refractivity contribution is 0.470. The maximum absolute atomic E-state index is 12.9. The number of aromatic nitrogens is 3. The van der Waals surface area contributed by atoms with Crippen LogP contribution in [0.3, 0.4) is 0 Å². The van der Waals surface area contributed by atoms with Gasteiger partial charge in [-0.15, -0.1) is 0 Å². The van der Waals surface area contributed by atoms with Gasteiger partial charge in [0.1, 0.15) is 18.0 Å². The minimum atomic E-state index is -0.200. The highest BCUT2D eigenvalue weighted by molar-refractivity contribution is 5.17. The molecule has 0 amide bonds. The number of likely N-dealkylation sites (N-methyl/N-ethyl adjacent to an activating group) is 1. The lowest BCUT2D eigenvalue weighted by atomic mass is 10.0. The lowest BCUT2D eigenvalue weighted by Crippen LogP contribution is -2.31. The Labute approximate surface area is 119 Å². The van der Waals surface area contributed by atoms with E-state index in [0.29, 0.717) is 6.04 Å². The Morgan fingerprint density at radius 2 is 1.90 bits per heavy atom. The minimum absolute atomic E-state index is 0.200. The van der Waals surface area contributed by atoms with Crippen molar-refractivity contribution in [3.05, 3.63) is 47.8 Å². The van der Waals surface area contributed by atoms with Crippen molar-refractivity contribution in [2.24, 2.45) is 0 Å². The van der Waals surface area contributed by atoms with E-state index in [1.54, 1.807) is 6.33 Å². The Kier molecular flexibility index (Phi) is 4.84. The Hall–Kier alpha value is -1.75. The number of rotatable bonds is 6. The summed E-state index contributed by atoms with van der Waals surface area (Å²) in [6.45, 7) is 4.18. The predicted octanol–water partition coefficient (Wildman–Crippen LogP) is 2.37. The van der Waals surface area contributed by atoms with Crippen LogP contribution in [0, 0.1) is 5.82 Å². The molecule has 108 valence electrons. The molecule has 1 aromatic heterocycles. The van der Waals surface area contributed by atoms with Crippen molar-refractivity contribution in [3.8, 4) is 0 Å². The van der Waals surface area contributed by atoms with Gasteiger partial charge in [-0.25, -0.2) is 14.1 Å². The highest BCUT2D eigenvalue weighted by Gasteiger charge is 2.14. The molecule has 0 aliphatic rings. The third-order valence-corrected chi connectivity index (χ3v) is 3.37. The monoisotopic (exact) mass is 276 g/mol. The zero-order chi connectivity index (χ0) is 14.5. The second kappa shape index (κ2) is 6.61. The molecule has 0 spiro atoms. The summed E-state index contributed by atoms with van der Waals surface area (Å²) in [6, 6.07) is 7.20. The molecule has 1 unspecified atom stereocenters. The van der Waals surface area contributed by atoms with Crippen molar-refractivity contribution in [3.63, 3.8) is 0 Å². The van der Waals surface area contributed by atoms with Crippen molar-refractivity contribution in [2.45, 2.75) is 38.8 Å². The molecule has 1 aromatic carbocycles. The molecular weight excluding hydrogens is 255 g/mol. The second-order valence-electron chi connectivity index (χ2n) is 5.23. The van der Waals surface area contributed by atoms with Crippen molar-refractivity contribution in [1.82, 2.24) is 20.1 Å². The Balaban J connectivity index is 2.05. The Morgan fingerprint density at radius 1 is 1.20 bits per heavy atom. The fourth-order valence-corrected chi connectivity index (χ4v) is 2.25. The molecule has 20 heavy (non-hydrogen) atoms. The highest BCUT2D eigenvalue weighted by atomic mass is 19.1. The number of hydrogen-bond donors (Lipinski definition) is 1. The third-order valence-electron chi connectivity index (χ3n) is 3.37.